The number of nitrogens with zero attached hydrogens (tertiary/aromatic N) is 3. The smallest absolute Gasteiger partial charge is 0.223 e. The van der Waals surface area contributed by atoms with E-state index in [0.717, 1.165) is 42.9 Å². The second kappa shape index (κ2) is 6.08. The summed E-state index contributed by atoms with van der Waals surface area (Å²) in [6.07, 6.45) is 8.71. The summed E-state index contributed by atoms with van der Waals surface area (Å²) >= 11 is 0. The summed E-state index contributed by atoms with van der Waals surface area (Å²) in [4.78, 5) is 26.2. The topological polar surface area (TPSA) is 61.9 Å². The Morgan fingerprint density at radius 2 is 2.38 bits per heavy atom. The maximum atomic E-state index is 12.5. The molecule has 5 nitrogen and oxygen atoms in total. The molecule has 0 spiro atoms. The van der Waals surface area contributed by atoms with Gasteiger partial charge in [-0.15, -0.1) is 0 Å². The van der Waals surface area contributed by atoms with E-state index >= 15 is 0 Å². The van der Waals surface area contributed by atoms with Crippen LogP contribution in [0.25, 0.3) is 0 Å². The average Bonchev–Trinajstić information content (AvgIpc) is 3.14. The van der Waals surface area contributed by atoms with Crippen molar-refractivity contribution in [2.75, 3.05) is 6.54 Å². The standard InChI is InChI=1S/C16H20N4O/c1-12-10-18-16(19-12)14-5-3-9-20(14)15(21)7-6-13-4-2-8-17-11-13/h2,4,8,10-11,14H,3,5-7,9H2,1H3,(H,18,19)/t14-/m0/s1. The number of H-pyrrole nitrogens is 1. The van der Waals surface area contributed by atoms with Crippen molar-refractivity contribution in [3.8, 4) is 0 Å². The quantitative estimate of drug-likeness (QED) is 0.937. The maximum Gasteiger partial charge on any atom is 0.223 e. The van der Waals surface area contributed by atoms with Crippen molar-refractivity contribution in [3.05, 3.63) is 47.8 Å². The molecule has 3 rings (SSSR count). The zero-order chi connectivity index (χ0) is 14.7. The molecule has 1 N–H and O–H groups in total. The van der Waals surface area contributed by atoms with Crippen molar-refractivity contribution in [1.29, 1.82) is 0 Å². The van der Waals surface area contributed by atoms with Gasteiger partial charge in [0.1, 0.15) is 5.82 Å². The molecule has 1 aliphatic heterocycles. The lowest BCUT2D eigenvalue weighted by molar-refractivity contribution is -0.132. The number of carbonyl (C=O) groups excluding carboxylic acids is 1. The van der Waals surface area contributed by atoms with Crippen LogP contribution in [-0.4, -0.2) is 32.3 Å². The SMILES string of the molecule is Cc1cnc([C@@H]2CCCN2C(=O)CCc2cccnc2)[nH]1. The van der Waals surface area contributed by atoms with E-state index in [2.05, 4.69) is 15.0 Å². The number of carbonyl (C=O) groups is 1. The molecule has 1 saturated heterocycles. The molecule has 2 aromatic heterocycles. The molecular formula is C16H20N4O. The molecule has 1 atom stereocenters. The van der Waals surface area contributed by atoms with Crippen LogP contribution in [0.5, 0.6) is 0 Å². The van der Waals surface area contributed by atoms with Crippen LogP contribution in [0.3, 0.4) is 0 Å². The van der Waals surface area contributed by atoms with Crippen molar-refractivity contribution in [3.63, 3.8) is 0 Å². The van der Waals surface area contributed by atoms with Gasteiger partial charge in [0.25, 0.3) is 0 Å². The third-order valence-electron chi connectivity index (χ3n) is 3.96. The summed E-state index contributed by atoms with van der Waals surface area (Å²) < 4.78 is 0. The Morgan fingerprint density at radius 1 is 1.48 bits per heavy atom. The minimum absolute atomic E-state index is 0.111. The molecule has 3 heterocycles. The van der Waals surface area contributed by atoms with E-state index < -0.39 is 0 Å². The van der Waals surface area contributed by atoms with Crippen LogP contribution in [0.15, 0.2) is 30.7 Å². The van der Waals surface area contributed by atoms with Gasteiger partial charge in [0.2, 0.25) is 5.91 Å². The fourth-order valence-electron chi connectivity index (χ4n) is 2.89. The van der Waals surface area contributed by atoms with Gasteiger partial charge in [-0.1, -0.05) is 6.07 Å². The van der Waals surface area contributed by atoms with Gasteiger partial charge in [-0.25, -0.2) is 4.98 Å². The lowest BCUT2D eigenvalue weighted by Crippen LogP contribution is -2.31. The highest BCUT2D eigenvalue weighted by Crippen LogP contribution is 2.30. The zero-order valence-corrected chi connectivity index (χ0v) is 12.2. The van der Waals surface area contributed by atoms with E-state index in [1.165, 1.54) is 0 Å². The summed E-state index contributed by atoms with van der Waals surface area (Å²) in [5.74, 6) is 1.12. The lowest BCUT2D eigenvalue weighted by Gasteiger charge is -2.23. The van der Waals surface area contributed by atoms with E-state index in [1.807, 2.05) is 36.4 Å². The van der Waals surface area contributed by atoms with Crippen molar-refractivity contribution < 1.29 is 4.79 Å². The predicted molar refractivity (Wildman–Crippen MR) is 79.6 cm³/mol. The van der Waals surface area contributed by atoms with Crippen molar-refractivity contribution >= 4 is 5.91 Å². The molecule has 0 aromatic carbocycles. The number of hydrogen-bond acceptors (Lipinski definition) is 3. The molecule has 1 aliphatic rings. The number of aromatic nitrogens is 3. The minimum atomic E-state index is 0.111. The van der Waals surface area contributed by atoms with Crippen LogP contribution in [0.2, 0.25) is 0 Å². The number of pyridine rings is 1. The Balaban J connectivity index is 1.63. The number of rotatable bonds is 4. The van der Waals surface area contributed by atoms with Crippen LogP contribution < -0.4 is 0 Å². The highest BCUT2D eigenvalue weighted by atomic mass is 16.2. The van der Waals surface area contributed by atoms with Crippen LogP contribution >= 0.6 is 0 Å². The van der Waals surface area contributed by atoms with E-state index in [4.69, 9.17) is 0 Å². The Bertz CT molecular complexity index is 608. The summed E-state index contributed by atoms with van der Waals surface area (Å²) in [6.45, 7) is 2.82. The van der Waals surface area contributed by atoms with Gasteiger partial charge in [0.15, 0.2) is 0 Å². The number of aryl methyl sites for hydroxylation is 2. The second-order valence-corrected chi connectivity index (χ2v) is 5.56. The lowest BCUT2D eigenvalue weighted by atomic mass is 10.1. The van der Waals surface area contributed by atoms with Crippen molar-refractivity contribution in [2.45, 2.75) is 38.6 Å². The Morgan fingerprint density at radius 3 is 3.10 bits per heavy atom. The summed E-state index contributed by atoms with van der Waals surface area (Å²) in [5, 5.41) is 0. The first-order chi connectivity index (χ1) is 10.2. The van der Waals surface area contributed by atoms with Crippen molar-refractivity contribution in [2.24, 2.45) is 0 Å². The van der Waals surface area contributed by atoms with Crippen molar-refractivity contribution in [1.82, 2.24) is 19.9 Å². The molecule has 0 saturated carbocycles. The van der Waals surface area contributed by atoms with Crippen LogP contribution in [0.1, 0.15) is 42.4 Å². The summed E-state index contributed by atoms with van der Waals surface area (Å²) in [5.41, 5.74) is 2.15. The zero-order valence-electron chi connectivity index (χ0n) is 12.2. The highest BCUT2D eigenvalue weighted by Gasteiger charge is 2.31. The first-order valence-electron chi connectivity index (χ1n) is 7.44. The molecule has 2 aromatic rings. The predicted octanol–water partition coefficient (Wildman–Crippen LogP) is 2.41. The summed E-state index contributed by atoms with van der Waals surface area (Å²) in [7, 11) is 0. The normalized spacial score (nSPS) is 18.1. The first kappa shape index (κ1) is 13.8. The number of aromatic amines is 1. The van der Waals surface area contributed by atoms with Crippen LogP contribution in [-0.2, 0) is 11.2 Å². The van der Waals surface area contributed by atoms with Gasteiger partial charge in [-0.3, -0.25) is 9.78 Å². The molecular weight excluding hydrogens is 264 g/mol. The number of amides is 1. The first-order valence-corrected chi connectivity index (χ1v) is 7.44. The van der Waals surface area contributed by atoms with Gasteiger partial charge < -0.3 is 9.88 Å². The minimum Gasteiger partial charge on any atom is -0.344 e. The highest BCUT2D eigenvalue weighted by molar-refractivity contribution is 5.77. The van der Waals surface area contributed by atoms with Gasteiger partial charge in [-0.2, -0.15) is 0 Å². The molecule has 110 valence electrons. The Kier molecular flexibility index (Phi) is 3.99. The van der Waals surface area contributed by atoms with E-state index in [1.54, 1.807) is 6.20 Å². The van der Waals surface area contributed by atoms with Gasteiger partial charge in [0.05, 0.1) is 6.04 Å². The molecule has 0 unspecified atom stereocenters. The fourth-order valence-corrected chi connectivity index (χ4v) is 2.89. The third kappa shape index (κ3) is 3.12. The summed E-state index contributed by atoms with van der Waals surface area (Å²) in [6, 6.07) is 4.03. The molecule has 1 fully saturated rings. The molecule has 0 bridgehead atoms. The van der Waals surface area contributed by atoms with E-state index in [0.29, 0.717) is 6.42 Å². The third-order valence-corrected chi connectivity index (χ3v) is 3.96. The second-order valence-electron chi connectivity index (χ2n) is 5.56. The van der Waals surface area contributed by atoms with Gasteiger partial charge in [-0.05, 0) is 37.8 Å². The van der Waals surface area contributed by atoms with E-state index in [9.17, 15) is 4.79 Å². The maximum absolute atomic E-state index is 12.5. The van der Waals surface area contributed by atoms with Crippen LogP contribution in [0.4, 0.5) is 0 Å². The number of imidazole rings is 1. The fraction of sp³-hybridized carbons (Fsp3) is 0.438. The Hall–Kier alpha value is -2.17. The molecule has 1 amide bonds. The van der Waals surface area contributed by atoms with Gasteiger partial charge >= 0.3 is 0 Å². The van der Waals surface area contributed by atoms with E-state index in [-0.39, 0.29) is 11.9 Å². The molecule has 0 aliphatic carbocycles. The monoisotopic (exact) mass is 284 g/mol. The molecule has 21 heavy (non-hydrogen) atoms. The number of likely N-dealkylation sites (tertiary alicyclic amines) is 1. The van der Waals surface area contributed by atoms with Crippen LogP contribution in [0, 0.1) is 6.92 Å². The largest absolute Gasteiger partial charge is 0.344 e. The Labute approximate surface area is 124 Å². The van der Waals surface area contributed by atoms with Gasteiger partial charge in [0, 0.05) is 37.3 Å². The number of hydrogen-bond donors (Lipinski definition) is 1. The molecule has 0 radical (unpaired) electrons. The molecule has 5 heteroatoms. The average molecular weight is 284 g/mol. The number of nitrogens with one attached hydrogen (secondary N) is 1.